The van der Waals surface area contributed by atoms with Gasteiger partial charge in [0, 0.05) is 6.92 Å². The van der Waals surface area contributed by atoms with E-state index in [1.807, 2.05) is 0 Å². The van der Waals surface area contributed by atoms with Crippen LogP contribution in [0, 0.1) is 0 Å². The van der Waals surface area contributed by atoms with Gasteiger partial charge in [-0.1, -0.05) is 6.58 Å². The van der Waals surface area contributed by atoms with Crippen molar-refractivity contribution in [2.45, 2.75) is 6.92 Å². The molecule has 74 valence electrons. The van der Waals surface area contributed by atoms with Gasteiger partial charge in [-0.25, -0.2) is 4.57 Å². The Kier molecular flexibility index (Phi) is 12.1. The first-order valence-corrected chi connectivity index (χ1v) is 3.90. The SMILES string of the molecule is C=COC(C)=O.O.O=P(O)(O)O. The largest absolute Gasteiger partial charge is 0.466 e. The van der Waals surface area contributed by atoms with Gasteiger partial charge in [0.2, 0.25) is 0 Å². The number of hydrogen-bond acceptors (Lipinski definition) is 3. The molecule has 7 nitrogen and oxygen atoms in total. The van der Waals surface area contributed by atoms with Crippen LogP contribution >= 0.6 is 7.82 Å². The van der Waals surface area contributed by atoms with Gasteiger partial charge in [0.15, 0.2) is 0 Å². The lowest BCUT2D eigenvalue weighted by atomic mass is 10.8. The molecule has 0 unspecified atom stereocenters. The molecular formula is C4H11O7P. The van der Waals surface area contributed by atoms with Crippen LogP contribution in [0.25, 0.3) is 0 Å². The summed E-state index contributed by atoms with van der Waals surface area (Å²) in [5, 5.41) is 0. The fourth-order valence-corrected chi connectivity index (χ4v) is 0.117. The van der Waals surface area contributed by atoms with Crippen molar-refractivity contribution in [1.29, 1.82) is 0 Å². The zero-order valence-corrected chi connectivity index (χ0v) is 7.19. The smallest absolute Gasteiger partial charge is 0.435 e. The zero-order valence-electron chi connectivity index (χ0n) is 6.30. The van der Waals surface area contributed by atoms with E-state index < -0.39 is 7.82 Å². The quantitative estimate of drug-likeness (QED) is 0.281. The molecule has 0 aliphatic rings. The van der Waals surface area contributed by atoms with Crippen LogP contribution in [-0.4, -0.2) is 26.1 Å². The number of esters is 1. The average Bonchev–Trinajstić information content (AvgIpc) is 1.58. The van der Waals surface area contributed by atoms with Crippen molar-refractivity contribution < 1.29 is 34.3 Å². The number of carbonyl (C=O) groups excluding carboxylic acids is 1. The average molecular weight is 202 g/mol. The van der Waals surface area contributed by atoms with Gasteiger partial charge >= 0.3 is 13.8 Å². The second kappa shape index (κ2) is 8.38. The van der Waals surface area contributed by atoms with E-state index in [1.165, 1.54) is 6.92 Å². The van der Waals surface area contributed by atoms with Crippen molar-refractivity contribution in [2.24, 2.45) is 0 Å². The summed E-state index contributed by atoms with van der Waals surface area (Å²) in [5.41, 5.74) is 0. The molecule has 0 aromatic rings. The van der Waals surface area contributed by atoms with Gasteiger partial charge < -0.3 is 24.9 Å². The van der Waals surface area contributed by atoms with Crippen LogP contribution in [0.15, 0.2) is 12.8 Å². The van der Waals surface area contributed by atoms with E-state index in [4.69, 9.17) is 19.2 Å². The molecule has 0 aromatic heterocycles. The second-order valence-electron chi connectivity index (χ2n) is 1.29. The van der Waals surface area contributed by atoms with Crippen LogP contribution in [-0.2, 0) is 14.1 Å². The Labute approximate surface area is 68.8 Å². The molecule has 0 aliphatic carbocycles. The molecule has 0 fully saturated rings. The Bertz CT molecular complexity index is 162. The van der Waals surface area contributed by atoms with Gasteiger partial charge in [-0.3, -0.25) is 4.79 Å². The lowest BCUT2D eigenvalue weighted by Gasteiger charge is -1.83. The van der Waals surface area contributed by atoms with Crippen LogP contribution in [0.4, 0.5) is 0 Å². The summed E-state index contributed by atoms with van der Waals surface area (Å²) in [7, 11) is -4.64. The Balaban J connectivity index is -0.000000126. The molecule has 0 heterocycles. The van der Waals surface area contributed by atoms with Crippen molar-refractivity contribution in [2.75, 3.05) is 0 Å². The summed E-state index contributed by atoms with van der Waals surface area (Å²) < 4.78 is 13.0. The summed E-state index contributed by atoms with van der Waals surface area (Å²) in [4.78, 5) is 31.3. The third-order valence-electron chi connectivity index (χ3n) is 0.249. The van der Waals surface area contributed by atoms with Crippen molar-refractivity contribution in [3.05, 3.63) is 12.8 Å². The molecule has 0 spiro atoms. The summed E-state index contributed by atoms with van der Waals surface area (Å²) >= 11 is 0. The van der Waals surface area contributed by atoms with Gasteiger partial charge in [0.25, 0.3) is 0 Å². The summed E-state index contributed by atoms with van der Waals surface area (Å²) in [6, 6.07) is 0. The molecule has 0 saturated heterocycles. The minimum atomic E-state index is -4.64. The predicted octanol–water partition coefficient (Wildman–Crippen LogP) is -1.06. The Morgan fingerprint density at radius 1 is 1.50 bits per heavy atom. The van der Waals surface area contributed by atoms with Gasteiger partial charge in [0.05, 0.1) is 6.26 Å². The predicted molar refractivity (Wildman–Crippen MR) is 39.8 cm³/mol. The summed E-state index contributed by atoms with van der Waals surface area (Å²) in [5.74, 6) is -0.329. The number of phosphoric acid groups is 1. The Morgan fingerprint density at radius 2 is 1.75 bits per heavy atom. The van der Waals surface area contributed by atoms with E-state index in [2.05, 4.69) is 11.3 Å². The number of rotatable bonds is 1. The minimum Gasteiger partial charge on any atom is -0.435 e. The van der Waals surface area contributed by atoms with Crippen LogP contribution in [0.5, 0.6) is 0 Å². The van der Waals surface area contributed by atoms with Crippen LogP contribution in [0.1, 0.15) is 6.92 Å². The van der Waals surface area contributed by atoms with Crippen LogP contribution in [0.3, 0.4) is 0 Å². The van der Waals surface area contributed by atoms with Gasteiger partial charge in [-0.2, -0.15) is 0 Å². The normalized spacial score (nSPS) is 8.33. The van der Waals surface area contributed by atoms with Crippen molar-refractivity contribution in [3.63, 3.8) is 0 Å². The fraction of sp³-hybridized carbons (Fsp3) is 0.250. The van der Waals surface area contributed by atoms with Crippen molar-refractivity contribution in [3.8, 4) is 0 Å². The van der Waals surface area contributed by atoms with Gasteiger partial charge in [-0.15, -0.1) is 0 Å². The molecule has 0 rings (SSSR count). The third kappa shape index (κ3) is 122. The Hall–Kier alpha value is -0.720. The molecule has 8 heteroatoms. The third-order valence-corrected chi connectivity index (χ3v) is 0.249. The van der Waals surface area contributed by atoms with E-state index in [1.54, 1.807) is 0 Å². The molecule has 0 radical (unpaired) electrons. The van der Waals surface area contributed by atoms with Crippen molar-refractivity contribution in [1.82, 2.24) is 0 Å². The molecule has 0 saturated carbocycles. The standard InChI is InChI=1S/C4H6O2.H3O4P.H2O/c1-3-6-4(2)5;1-5(2,3)4;/h3H,1H2,2H3;(H3,1,2,3,4);1H2. The van der Waals surface area contributed by atoms with Gasteiger partial charge in [-0.05, 0) is 0 Å². The lowest BCUT2D eigenvalue weighted by molar-refractivity contribution is -0.135. The number of ether oxygens (including phenoxy) is 1. The van der Waals surface area contributed by atoms with E-state index in [0.29, 0.717) is 0 Å². The van der Waals surface area contributed by atoms with E-state index >= 15 is 0 Å². The van der Waals surface area contributed by atoms with Gasteiger partial charge in [0.1, 0.15) is 0 Å². The zero-order chi connectivity index (χ0) is 9.49. The minimum absolute atomic E-state index is 0. The molecule has 5 N–H and O–H groups in total. The molecule has 0 bridgehead atoms. The highest BCUT2D eigenvalue weighted by Crippen LogP contribution is 2.25. The molecular weight excluding hydrogens is 191 g/mol. The highest BCUT2D eigenvalue weighted by atomic mass is 31.2. The maximum absolute atomic E-state index is 9.75. The molecule has 0 aromatic carbocycles. The first-order valence-electron chi connectivity index (χ1n) is 2.33. The summed E-state index contributed by atoms with van der Waals surface area (Å²) in [6.45, 7) is 4.48. The number of hydrogen-bond donors (Lipinski definition) is 3. The summed E-state index contributed by atoms with van der Waals surface area (Å²) in [6.07, 6.45) is 1.10. The molecule has 12 heavy (non-hydrogen) atoms. The molecule has 0 atom stereocenters. The Morgan fingerprint density at radius 3 is 1.75 bits per heavy atom. The molecule has 0 aliphatic heterocycles. The lowest BCUT2D eigenvalue weighted by Crippen LogP contribution is -1.87. The van der Waals surface area contributed by atoms with E-state index in [9.17, 15) is 4.79 Å². The highest BCUT2D eigenvalue weighted by Gasteiger charge is 2.00. The maximum Gasteiger partial charge on any atom is 0.466 e. The van der Waals surface area contributed by atoms with Crippen molar-refractivity contribution >= 4 is 13.8 Å². The molecule has 0 amide bonds. The van der Waals surface area contributed by atoms with E-state index in [0.717, 1.165) is 6.26 Å². The maximum atomic E-state index is 9.75. The van der Waals surface area contributed by atoms with Crippen LogP contribution < -0.4 is 0 Å². The fourth-order valence-electron chi connectivity index (χ4n) is 0.117. The monoisotopic (exact) mass is 202 g/mol. The first kappa shape index (κ1) is 17.4. The topological polar surface area (TPSA) is 136 Å². The number of carbonyl (C=O) groups is 1. The van der Waals surface area contributed by atoms with Crippen LogP contribution in [0.2, 0.25) is 0 Å². The van der Waals surface area contributed by atoms with E-state index in [-0.39, 0.29) is 11.4 Å². The highest BCUT2D eigenvalue weighted by molar-refractivity contribution is 7.45. The second-order valence-corrected chi connectivity index (χ2v) is 2.32. The first-order chi connectivity index (χ1) is 4.77.